The molecule has 4 aromatic rings. The highest BCUT2D eigenvalue weighted by Crippen LogP contribution is 2.31. The number of benzene rings is 3. The van der Waals surface area contributed by atoms with Gasteiger partial charge in [-0.25, -0.2) is 4.98 Å². The summed E-state index contributed by atoms with van der Waals surface area (Å²) in [7, 11) is 0. The number of halogens is 2. The van der Waals surface area contributed by atoms with E-state index in [-0.39, 0.29) is 11.7 Å². The number of carbonyl (C=O) groups excluding carboxylic acids is 1. The molecule has 0 bridgehead atoms. The van der Waals surface area contributed by atoms with Gasteiger partial charge in [0, 0.05) is 26.9 Å². The minimum atomic E-state index is -0.137. The fraction of sp³-hybridized carbons (Fsp3) is 0.120. The highest BCUT2D eigenvalue weighted by molar-refractivity contribution is 7.99. The van der Waals surface area contributed by atoms with Crippen LogP contribution in [0, 0.1) is 13.8 Å². The minimum Gasteiger partial charge on any atom is -0.325 e. The molecule has 0 aliphatic carbocycles. The Bertz CT molecular complexity index is 1300. The Kier molecular flexibility index (Phi) is 7.28. The summed E-state index contributed by atoms with van der Waals surface area (Å²) in [5.41, 5.74) is 6.03. The topological polar surface area (TPSA) is 67.8 Å². The standard InChI is InChI=1S/C25H20Cl2N4OS/c1-15-3-12-21(13-16(15)2)28-22(32)14-33-25-29-23(17-4-8-19(26)9-5-17)24(30-31-25)18-6-10-20(27)11-7-18/h3-13H,14H2,1-2H3,(H,28,32). The van der Waals surface area contributed by atoms with Crippen LogP contribution in [-0.2, 0) is 4.79 Å². The van der Waals surface area contributed by atoms with E-state index >= 15 is 0 Å². The first kappa shape index (κ1) is 23.2. The van der Waals surface area contributed by atoms with Gasteiger partial charge in [-0.05, 0) is 61.4 Å². The van der Waals surface area contributed by atoms with Gasteiger partial charge in [0.2, 0.25) is 11.1 Å². The Hall–Kier alpha value is -2.93. The fourth-order valence-corrected chi connectivity index (χ4v) is 3.97. The number of thioether (sulfide) groups is 1. The predicted octanol–water partition coefficient (Wildman–Crippen LogP) is 6.86. The van der Waals surface area contributed by atoms with Crippen molar-refractivity contribution in [3.63, 3.8) is 0 Å². The van der Waals surface area contributed by atoms with E-state index in [9.17, 15) is 4.79 Å². The molecule has 0 saturated carbocycles. The van der Waals surface area contributed by atoms with Crippen molar-refractivity contribution in [3.8, 4) is 22.5 Å². The van der Waals surface area contributed by atoms with Crippen LogP contribution >= 0.6 is 35.0 Å². The maximum atomic E-state index is 12.5. The molecule has 1 amide bonds. The van der Waals surface area contributed by atoms with Crippen LogP contribution in [0.3, 0.4) is 0 Å². The zero-order valence-corrected chi connectivity index (χ0v) is 20.3. The lowest BCUT2D eigenvalue weighted by molar-refractivity contribution is -0.113. The molecule has 1 heterocycles. The third kappa shape index (κ3) is 5.90. The Balaban J connectivity index is 1.56. The van der Waals surface area contributed by atoms with Crippen LogP contribution in [0.2, 0.25) is 10.0 Å². The molecule has 0 fully saturated rings. The Morgan fingerprint density at radius 2 is 1.42 bits per heavy atom. The molecule has 0 spiro atoms. The van der Waals surface area contributed by atoms with Gasteiger partial charge in [-0.2, -0.15) is 0 Å². The van der Waals surface area contributed by atoms with Gasteiger partial charge in [0.05, 0.1) is 5.75 Å². The maximum absolute atomic E-state index is 12.5. The van der Waals surface area contributed by atoms with E-state index in [1.165, 1.54) is 17.3 Å². The monoisotopic (exact) mass is 494 g/mol. The third-order valence-corrected chi connectivity index (χ3v) is 6.37. The molecule has 166 valence electrons. The number of amides is 1. The number of hydrogen-bond acceptors (Lipinski definition) is 5. The van der Waals surface area contributed by atoms with Crippen molar-refractivity contribution >= 4 is 46.6 Å². The first-order chi connectivity index (χ1) is 15.9. The van der Waals surface area contributed by atoms with E-state index in [0.717, 1.165) is 22.4 Å². The average molecular weight is 495 g/mol. The van der Waals surface area contributed by atoms with Crippen LogP contribution in [0.25, 0.3) is 22.5 Å². The summed E-state index contributed by atoms with van der Waals surface area (Å²) in [6.07, 6.45) is 0. The van der Waals surface area contributed by atoms with E-state index in [4.69, 9.17) is 28.2 Å². The lowest BCUT2D eigenvalue weighted by Gasteiger charge is -2.10. The van der Waals surface area contributed by atoms with Crippen LogP contribution in [0.4, 0.5) is 5.69 Å². The van der Waals surface area contributed by atoms with Crippen molar-refractivity contribution in [2.75, 3.05) is 11.1 Å². The largest absolute Gasteiger partial charge is 0.325 e. The molecule has 8 heteroatoms. The third-order valence-electron chi connectivity index (χ3n) is 5.03. The molecule has 0 radical (unpaired) electrons. The quantitative estimate of drug-likeness (QED) is 0.296. The van der Waals surface area contributed by atoms with Gasteiger partial charge in [-0.3, -0.25) is 4.79 Å². The molecule has 0 atom stereocenters. The fourth-order valence-electron chi connectivity index (χ4n) is 3.13. The van der Waals surface area contributed by atoms with Crippen LogP contribution in [0.1, 0.15) is 11.1 Å². The molecule has 0 aliphatic heterocycles. The number of anilines is 1. The number of aryl methyl sites for hydroxylation is 2. The van der Waals surface area contributed by atoms with E-state index in [2.05, 4.69) is 15.5 Å². The second-order valence-corrected chi connectivity index (χ2v) is 9.26. The van der Waals surface area contributed by atoms with Crippen LogP contribution in [-0.4, -0.2) is 26.8 Å². The summed E-state index contributed by atoms with van der Waals surface area (Å²) >= 11 is 13.3. The van der Waals surface area contributed by atoms with Crippen molar-refractivity contribution in [1.82, 2.24) is 15.2 Å². The predicted molar refractivity (Wildman–Crippen MR) is 136 cm³/mol. The van der Waals surface area contributed by atoms with Crippen molar-refractivity contribution in [2.45, 2.75) is 19.0 Å². The van der Waals surface area contributed by atoms with Crippen LogP contribution < -0.4 is 5.32 Å². The highest BCUT2D eigenvalue weighted by Gasteiger charge is 2.15. The van der Waals surface area contributed by atoms with Crippen LogP contribution in [0.15, 0.2) is 71.9 Å². The Morgan fingerprint density at radius 1 is 0.818 bits per heavy atom. The molecular weight excluding hydrogens is 475 g/mol. The van der Waals surface area contributed by atoms with Crippen LogP contribution in [0.5, 0.6) is 0 Å². The number of aromatic nitrogens is 3. The number of hydrogen-bond donors (Lipinski definition) is 1. The minimum absolute atomic E-state index is 0.137. The van der Waals surface area contributed by atoms with Gasteiger partial charge >= 0.3 is 0 Å². The zero-order chi connectivity index (χ0) is 23.4. The summed E-state index contributed by atoms with van der Waals surface area (Å²) < 4.78 is 0. The molecule has 0 unspecified atom stereocenters. The van der Waals surface area contributed by atoms with E-state index in [1.54, 1.807) is 24.3 Å². The molecule has 4 rings (SSSR count). The lowest BCUT2D eigenvalue weighted by atomic mass is 10.0. The summed E-state index contributed by atoms with van der Waals surface area (Å²) in [6.45, 7) is 4.05. The summed E-state index contributed by atoms with van der Waals surface area (Å²) in [6, 6.07) is 20.5. The molecule has 1 N–H and O–H groups in total. The highest BCUT2D eigenvalue weighted by atomic mass is 35.5. The van der Waals surface area contributed by atoms with Gasteiger partial charge in [-0.1, -0.05) is 65.3 Å². The van der Waals surface area contributed by atoms with Gasteiger partial charge in [0.15, 0.2) is 0 Å². The molecule has 5 nitrogen and oxygen atoms in total. The maximum Gasteiger partial charge on any atom is 0.234 e. The number of nitrogens with zero attached hydrogens (tertiary/aromatic N) is 3. The summed E-state index contributed by atoms with van der Waals surface area (Å²) in [5, 5.41) is 13.3. The van der Waals surface area contributed by atoms with Gasteiger partial charge < -0.3 is 5.32 Å². The molecule has 0 aliphatic rings. The average Bonchev–Trinajstić information content (AvgIpc) is 2.81. The molecule has 1 aromatic heterocycles. The molecule has 33 heavy (non-hydrogen) atoms. The lowest BCUT2D eigenvalue weighted by Crippen LogP contribution is -2.14. The number of rotatable bonds is 6. The van der Waals surface area contributed by atoms with Gasteiger partial charge in [-0.15, -0.1) is 10.2 Å². The normalized spacial score (nSPS) is 10.8. The van der Waals surface area contributed by atoms with Gasteiger partial charge in [0.1, 0.15) is 11.4 Å². The number of nitrogens with one attached hydrogen (secondary N) is 1. The second kappa shape index (κ2) is 10.3. The molecular formula is C25H20Cl2N4OS. The number of carbonyl (C=O) groups is 1. The summed E-state index contributed by atoms with van der Waals surface area (Å²) in [4.78, 5) is 17.2. The van der Waals surface area contributed by atoms with E-state index in [0.29, 0.717) is 26.6 Å². The Morgan fingerprint density at radius 3 is 2.03 bits per heavy atom. The molecule has 0 saturated heterocycles. The van der Waals surface area contributed by atoms with Gasteiger partial charge in [0.25, 0.3) is 0 Å². The Labute approximate surface area is 206 Å². The first-order valence-corrected chi connectivity index (χ1v) is 11.9. The van der Waals surface area contributed by atoms with Crippen molar-refractivity contribution in [3.05, 3.63) is 87.9 Å². The first-order valence-electron chi connectivity index (χ1n) is 10.2. The second-order valence-electron chi connectivity index (χ2n) is 7.44. The SMILES string of the molecule is Cc1ccc(NC(=O)CSc2nnc(-c3ccc(Cl)cc3)c(-c3ccc(Cl)cc3)n2)cc1C. The van der Waals surface area contributed by atoms with Crippen molar-refractivity contribution in [1.29, 1.82) is 0 Å². The summed E-state index contributed by atoms with van der Waals surface area (Å²) in [5.74, 6) is 0.0243. The molecule has 3 aromatic carbocycles. The van der Waals surface area contributed by atoms with E-state index < -0.39 is 0 Å². The smallest absolute Gasteiger partial charge is 0.234 e. The van der Waals surface area contributed by atoms with Crippen molar-refractivity contribution < 1.29 is 4.79 Å². The zero-order valence-electron chi connectivity index (χ0n) is 18.0. The van der Waals surface area contributed by atoms with E-state index in [1.807, 2.05) is 56.3 Å². The van der Waals surface area contributed by atoms with Crippen molar-refractivity contribution in [2.24, 2.45) is 0 Å².